The molecule has 100 valence electrons. The molecule has 0 bridgehead atoms. The van der Waals surface area contributed by atoms with Crippen LogP contribution in [0.2, 0.25) is 0 Å². The van der Waals surface area contributed by atoms with Gasteiger partial charge in [-0.05, 0) is 35.1 Å². The summed E-state index contributed by atoms with van der Waals surface area (Å²) in [5.41, 5.74) is 4.12. The molecule has 0 heterocycles. The van der Waals surface area contributed by atoms with Gasteiger partial charge in [-0.15, -0.1) is 0 Å². The lowest BCUT2D eigenvalue weighted by atomic mass is 9.92. The Labute approximate surface area is 116 Å². The van der Waals surface area contributed by atoms with Gasteiger partial charge >= 0.3 is 0 Å². The van der Waals surface area contributed by atoms with Crippen molar-refractivity contribution in [3.8, 4) is 11.1 Å². The Morgan fingerprint density at radius 1 is 0.789 bits per heavy atom. The van der Waals surface area contributed by atoms with Gasteiger partial charge in [-0.1, -0.05) is 63.2 Å². The van der Waals surface area contributed by atoms with Gasteiger partial charge in [0.05, 0.1) is 0 Å². The molecule has 0 saturated heterocycles. The van der Waals surface area contributed by atoms with Crippen LogP contribution in [0.1, 0.15) is 27.2 Å². The lowest BCUT2D eigenvalue weighted by Crippen LogP contribution is -2.12. The molecule has 1 heteroatoms. The van der Waals surface area contributed by atoms with Crippen molar-refractivity contribution < 1.29 is 0 Å². The second-order valence-corrected chi connectivity index (χ2v) is 6.18. The number of anilines is 1. The molecule has 0 fully saturated rings. The minimum absolute atomic E-state index is 0.386. The van der Waals surface area contributed by atoms with Crippen LogP contribution in [-0.4, -0.2) is 6.54 Å². The highest BCUT2D eigenvalue weighted by atomic mass is 14.9. The maximum Gasteiger partial charge on any atom is 0.0340 e. The van der Waals surface area contributed by atoms with Crippen LogP contribution in [0.25, 0.3) is 11.1 Å². The van der Waals surface area contributed by atoms with E-state index in [1.165, 1.54) is 23.2 Å². The Morgan fingerprint density at radius 3 is 1.95 bits per heavy atom. The molecule has 1 nitrogen and oxygen atoms in total. The van der Waals surface area contributed by atoms with E-state index in [4.69, 9.17) is 0 Å². The molecule has 0 aromatic heterocycles. The topological polar surface area (TPSA) is 12.0 Å². The second-order valence-electron chi connectivity index (χ2n) is 6.18. The standard InChI is InChI=1S/C18H23N/c1-18(2,3)13-14-19-17-11-9-16(10-12-17)15-7-5-4-6-8-15/h4-12,19H,13-14H2,1-3H3. The molecule has 0 aliphatic heterocycles. The molecule has 0 radical (unpaired) electrons. The zero-order chi connectivity index (χ0) is 13.7. The zero-order valence-electron chi connectivity index (χ0n) is 12.1. The van der Waals surface area contributed by atoms with E-state index in [0.717, 1.165) is 6.54 Å². The monoisotopic (exact) mass is 253 g/mol. The smallest absolute Gasteiger partial charge is 0.0340 e. The van der Waals surface area contributed by atoms with Crippen LogP contribution in [-0.2, 0) is 0 Å². The average molecular weight is 253 g/mol. The van der Waals surface area contributed by atoms with Crippen molar-refractivity contribution >= 4 is 5.69 Å². The summed E-state index contributed by atoms with van der Waals surface area (Å²) in [5.74, 6) is 0. The van der Waals surface area contributed by atoms with Crippen molar-refractivity contribution in [3.05, 3.63) is 54.6 Å². The number of rotatable bonds is 4. The SMILES string of the molecule is CC(C)(C)CCNc1ccc(-c2ccccc2)cc1. The normalized spacial score (nSPS) is 11.3. The molecule has 0 spiro atoms. The first kappa shape index (κ1) is 13.7. The lowest BCUT2D eigenvalue weighted by molar-refractivity contribution is 0.390. The Morgan fingerprint density at radius 2 is 1.37 bits per heavy atom. The third-order valence-corrected chi connectivity index (χ3v) is 3.20. The van der Waals surface area contributed by atoms with E-state index in [1.807, 2.05) is 6.07 Å². The summed E-state index contributed by atoms with van der Waals surface area (Å²) >= 11 is 0. The van der Waals surface area contributed by atoms with Crippen LogP contribution in [0.4, 0.5) is 5.69 Å². The average Bonchev–Trinajstić information content (AvgIpc) is 2.39. The van der Waals surface area contributed by atoms with Crippen molar-refractivity contribution in [2.45, 2.75) is 27.2 Å². The summed E-state index contributed by atoms with van der Waals surface area (Å²) in [4.78, 5) is 0. The molecule has 2 rings (SSSR count). The van der Waals surface area contributed by atoms with Gasteiger partial charge in [-0.25, -0.2) is 0 Å². The molecule has 0 amide bonds. The molecule has 2 aromatic rings. The number of hydrogen-bond donors (Lipinski definition) is 1. The van der Waals surface area contributed by atoms with Crippen LogP contribution in [0, 0.1) is 5.41 Å². The maximum absolute atomic E-state index is 3.48. The second kappa shape index (κ2) is 5.92. The number of hydrogen-bond acceptors (Lipinski definition) is 1. The van der Waals surface area contributed by atoms with Crippen LogP contribution >= 0.6 is 0 Å². The van der Waals surface area contributed by atoms with Gasteiger partial charge in [0.2, 0.25) is 0 Å². The van der Waals surface area contributed by atoms with Gasteiger partial charge in [0, 0.05) is 12.2 Å². The van der Waals surface area contributed by atoms with Gasteiger partial charge in [-0.2, -0.15) is 0 Å². The molecule has 1 N–H and O–H groups in total. The first-order chi connectivity index (χ1) is 9.04. The first-order valence-electron chi connectivity index (χ1n) is 6.94. The molecule has 0 atom stereocenters. The third-order valence-electron chi connectivity index (χ3n) is 3.20. The highest BCUT2D eigenvalue weighted by Crippen LogP contribution is 2.22. The number of benzene rings is 2. The largest absolute Gasteiger partial charge is 0.385 e. The van der Waals surface area contributed by atoms with Gasteiger partial charge in [0.25, 0.3) is 0 Å². The van der Waals surface area contributed by atoms with Crippen molar-refractivity contribution in [1.29, 1.82) is 0 Å². The van der Waals surface area contributed by atoms with Crippen molar-refractivity contribution in [2.24, 2.45) is 5.41 Å². The van der Waals surface area contributed by atoms with E-state index in [1.54, 1.807) is 0 Å². The first-order valence-corrected chi connectivity index (χ1v) is 6.94. The molecule has 2 aromatic carbocycles. The molecule has 19 heavy (non-hydrogen) atoms. The molecule has 0 unspecified atom stereocenters. The quantitative estimate of drug-likeness (QED) is 0.789. The fourth-order valence-corrected chi connectivity index (χ4v) is 1.99. The van der Waals surface area contributed by atoms with Crippen molar-refractivity contribution in [3.63, 3.8) is 0 Å². The molecule has 0 aliphatic carbocycles. The van der Waals surface area contributed by atoms with Gasteiger partial charge in [0.1, 0.15) is 0 Å². The molecular weight excluding hydrogens is 230 g/mol. The third kappa shape index (κ3) is 4.44. The minimum atomic E-state index is 0.386. The van der Waals surface area contributed by atoms with E-state index in [9.17, 15) is 0 Å². The van der Waals surface area contributed by atoms with Crippen LogP contribution < -0.4 is 5.32 Å². The summed E-state index contributed by atoms with van der Waals surface area (Å²) in [5, 5.41) is 3.48. The Kier molecular flexibility index (Phi) is 4.26. The fourth-order valence-electron chi connectivity index (χ4n) is 1.99. The predicted octanol–water partition coefficient (Wildman–Crippen LogP) is 5.20. The Bertz CT molecular complexity index is 491. The van der Waals surface area contributed by atoms with Crippen LogP contribution in [0.15, 0.2) is 54.6 Å². The summed E-state index contributed by atoms with van der Waals surface area (Å²) in [7, 11) is 0. The Hall–Kier alpha value is -1.76. The van der Waals surface area contributed by atoms with Crippen LogP contribution in [0.5, 0.6) is 0 Å². The van der Waals surface area contributed by atoms with E-state index in [0.29, 0.717) is 5.41 Å². The fraction of sp³-hybridized carbons (Fsp3) is 0.333. The number of nitrogens with one attached hydrogen (secondary N) is 1. The van der Waals surface area contributed by atoms with Gasteiger partial charge < -0.3 is 5.32 Å². The van der Waals surface area contributed by atoms with E-state index in [2.05, 4.69) is 74.6 Å². The van der Waals surface area contributed by atoms with Crippen molar-refractivity contribution in [1.82, 2.24) is 0 Å². The van der Waals surface area contributed by atoms with Crippen molar-refractivity contribution in [2.75, 3.05) is 11.9 Å². The maximum atomic E-state index is 3.48. The predicted molar refractivity (Wildman–Crippen MR) is 84.4 cm³/mol. The summed E-state index contributed by atoms with van der Waals surface area (Å²) in [6.45, 7) is 7.84. The molecule has 0 saturated carbocycles. The zero-order valence-corrected chi connectivity index (χ0v) is 12.1. The Balaban J connectivity index is 1.96. The highest BCUT2D eigenvalue weighted by molar-refractivity contribution is 5.65. The molecule has 0 aliphatic rings. The lowest BCUT2D eigenvalue weighted by Gasteiger charge is -2.18. The highest BCUT2D eigenvalue weighted by Gasteiger charge is 2.08. The summed E-state index contributed by atoms with van der Waals surface area (Å²) in [6.07, 6.45) is 1.17. The molecular formula is C18H23N. The minimum Gasteiger partial charge on any atom is -0.385 e. The van der Waals surface area contributed by atoms with E-state index in [-0.39, 0.29) is 0 Å². The van der Waals surface area contributed by atoms with E-state index < -0.39 is 0 Å². The van der Waals surface area contributed by atoms with Gasteiger partial charge in [0.15, 0.2) is 0 Å². The van der Waals surface area contributed by atoms with Crippen LogP contribution in [0.3, 0.4) is 0 Å². The summed E-state index contributed by atoms with van der Waals surface area (Å²) in [6, 6.07) is 19.1. The van der Waals surface area contributed by atoms with E-state index >= 15 is 0 Å². The summed E-state index contributed by atoms with van der Waals surface area (Å²) < 4.78 is 0. The van der Waals surface area contributed by atoms with Gasteiger partial charge in [-0.3, -0.25) is 0 Å².